The number of aromatic nitrogens is 4. The van der Waals surface area contributed by atoms with Crippen molar-refractivity contribution in [1.82, 2.24) is 19.9 Å². The summed E-state index contributed by atoms with van der Waals surface area (Å²) in [6, 6.07) is 65.6. The smallest absolute Gasteiger partial charge is 0.161 e. The molecule has 0 N–H and O–H groups in total. The van der Waals surface area contributed by atoms with E-state index in [1.54, 1.807) is 0 Å². The minimum Gasteiger partial charge on any atom is -0.254 e. The summed E-state index contributed by atoms with van der Waals surface area (Å²) in [6.45, 7) is 0. The van der Waals surface area contributed by atoms with Crippen molar-refractivity contribution in [3.05, 3.63) is 194 Å². The van der Waals surface area contributed by atoms with E-state index in [0.29, 0.717) is 5.82 Å². The third kappa shape index (κ3) is 5.76. The van der Waals surface area contributed by atoms with Crippen LogP contribution in [0.15, 0.2) is 194 Å². The van der Waals surface area contributed by atoms with Crippen molar-refractivity contribution in [2.24, 2.45) is 0 Å². The maximum atomic E-state index is 5.26. The van der Waals surface area contributed by atoms with Gasteiger partial charge in [0, 0.05) is 39.2 Å². The first kappa shape index (κ1) is 31.4. The molecule has 0 unspecified atom stereocenters. The van der Waals surface area contributed by atoms with Crippen LogP contribution in [0, 0.1) is 0 Å². The van der Waals surface area contributed by atoms with Gasteiger partial charge in [-0.15, -0.1) is 0 Å². The molecule has 0 amide bonds. The molecule has 0 aliphatic carbocycles. The highest BCUT2D eigenvalue weighted by Crippen LogP contribution is 2.37. The summed E-state index contributed by atoms with van der Waals surface area (Å²) in [5, 5.41) is 4.30. The van der Waals surface area contributed by atoms with Crippen LogP contribution in [0.2, 0.25) is 0 Å². The van der Waals surface area contributed by atoms with E-state index in [-0.39, 0.29) is 0 Å². The van der Waals surface area contributed by atoms with Crippen LogP contribution in [0.4, 0.5) is 0 Å². The van der Waals surface area contributed by atoms with Crippen molar-refractivity contribution >= 4 is 32.6 Å². The number of pyridine rings is 2. The lowest BCUT2D eigenvalue weighted by Crippen LogP contribution is -1.97. The lowest BCUT2D eigenvalue weighted by molar-refractivity contribution is 1.19. The number of fused-ring (bicyclic) bond motifs is 4. The number of benzene rings is 7. The minimum atomic E-state index is 0.672. The third-order valence-corrected chi connectivity index (χ3v) is 10.2. The number of hydrogen-bond donors (Lipinski definition) is 0. The number of hydrogen-bond acceptors (Lipinski definition) is 4. The Bertz CT molecular complexity index is 2860. The van der Waals surface area contributed by atoms with Crippen LogP contribution < -0.4 is 0 Å². The highest BCUT2D eigenvalue weighted by molar-refractivity contribution is 6.06. The van der Waals surface area contributed by atoms with Gasteiger partial charge >= 0.3 is 0 Å². The Hall–Kier alpha value is -7.30. The molecule has 54 heavy (non-hydrogen) atoms. The lowest BCUT2D eigenvalue weighted by atomic mass is 9.96. The molecule has 7 aromatic carbocycles. The summed E-state index contributed by atoms with van der Waals surface area (Å²) < 4.78 is 0. The third-order valence-electron chi connectivity index (χ3n) is 10.2. The van der Waals surface area contributed by atoms with Crippen molar-refractivity contribution in [2.45, 2.75) is 0 Å². The molecular weight excluding hydrogens is 657 g/mol. The van der Waals surface area contributed by atoms with Gasteiger partial charge in [-0.1, -0.05) is 164 Å². The first-order valence-electron chi connectivity index (χ1n) is 18.1. The Morgan fingerprint density at radius 1 is 0.296 bits per heavy atom. The van der Waals surface area contributed by atoms with Crippen molar-refractivity contribution < 1.29 is 0 Å². The molecule has 4 nitrogen and oxygen atoms in total. The van der Waals surface area contributed by atoms with Gasteiger partial charge in [-0.25, -0.2) is 15.0 Å². The summed E-state index contributed by atoms with van der Waals surface area (Å²) in [5.74, 6) is 0.672. The molecule has 10 rings (SSSR count). The van der Waals surface area contributed by atoms with Crippen LogP contribution in [0.5, 0.6) is 0 Å². The molecule has 0 spiro atoms. The quantitative estimate of drug-likeness (QED) is 0.163. The predicted octanol–water partition coefficient (Wildman–Crippen LogP) is 12.7. The van der Waals surface area contributed by atoms with Gasteiger partial charge < -0.3 is 0 Å². The van der Waals surface area contributed by atoms with Crippen molar-refractivity contribution in [1.29, 1.82) is 0 Å². The van der Waals surface area contributed by atoms with Gasteiger partial charge in [0.05, 0.1) is 28.1 Å². The maximum absolute atomic E-state index is 5.26. The van der Waals surface area contributed by atoms with Gasteiger partial charge in [-0.3, -0.25) is 4.98 Å². The second-order valence-corrected chi connectivity index (χ2v) is 13.5. The van der Waals surface area contributed by atoms with E-state index in [4.69, 9.17) is 15.0 Å². The first-order chi connectivity index (χ1) is 26.7. The van der Waals surface area contributed by atoms with Crippen molar-refractivity contribution in [3.8, 4) is 67.4 Å². The molecule has 0 aliphatic rings. The molecule has 3 aromatic heterocycles. The Kier molecular flexibility index (Phi) is 7.77. The predicted molar refractivity (Wildman–Crippen MR) is 223 cm³/mol. The zero-order chi connectivity index (χ0) is 35.8. The number of nitrogens with zero attached hydrogens (tertiary/aromatic N) is 4. The fourth-order valence-electron chi connectivity index (χ4n) is 7.38. The molecule has 0 radical (unpaired) electrons. The highest BCUT2D eigenvalue weighted by Gasteiger charge is 2.16. The fourth-order valence-corrected chi connectivity index (χ4v) is 7.38. The molecule has 0 saturated carbocycles. The van der Waals surface area contributed by atoms with Crippen molar-refractivity contribution in [3.63, 3.8) is 0 Å². The van der Waals surface area contributed by atoms with Crippen LogP contribution in [-0.2, 0) is 0 Å². The molecule has 0 fully saturated rings. The largest absolute Gasteiger partial charge is 0.254 e. The van der Waals surface area contributed by atoms with E-state index in [1.165, 1.54) is 11.1 Å². The van der Waals surface area contributed by atoms with E-state index in [0.717, 1.165) is 83.0 Å². The van der Waals surface area contributed by atoms with Gasteiger partial charge in [-0.2, -0.15) is 0 Å². The second kappa shape index (κ2) is 13.4. The first-order valence-corrected chi connectivity index (χ1v) is 18.1. The molecule has 10 aromatic rings. The SMILES string of the molecule is c1ccc(-c2ccc(-c3cc(-c4ccc(-c5ccccc5)cc4)nc(-c4ccc(-c5ccc6ccc7cccnc7c6n5)c5ccccc45)n3)cc2)cc1. The van der Waals surface area contributed by atoms with Gasteiger partial charge in [0.25, 0.3) is 0 Å². The van der Waals surface area contributed by atoms with Gasteiger partial charge in [0.15, 0.2) is 5.82 Å². The average molecular weight is 689 g/mol. The molecule has 0 aliphatic heterocycles. The van der Waals surface area contributed by atoms with Crippen LogP contribution in [0.3, 0.4) is 0 Å². The van der Waals surface area contributed by atoms with E-state index >= 15 is 0 Å². The van der Waals surface area contributed by atoms with E-state index in [2.05, 4.69) is 175 Å². The lowest BCUT2D eigenvalue weighted by Gasteiger charge is -2.14. The van der Waals surface area contributed by atoms with Crippen LogP contribution in [0.25, 0.3) is 100.0 Å². The zero-order valence-electron chi connectivity index (χ0n) is 29.3. The van der Waals surface area contributed by atoms with Gasteiger partial charge in [0.2, 0.25) is 0 Å². The van der Waals surface area contributed by atoms with Crippen LogP contribution >= 0.6 is 0 Å². The average Bonchev–Trinajstić information content (AvgIpc) is 3.26. The summed E-state index contributed by atoms with van der Waals surface area (Å²) in [6.07, 6.45) is 1.83. The monoisotopic (exact) mass is 688 g/mol. The summed E-state index contributed by atoms with van der Waals surface area (Å²) in [7, 11) is 0. The Balaban J connectivity index is 1.12. The van der Waals surface area contributed by atoms with E-state index in [9.17, 15) is 0 Å². The summed E-state index contributed by atoms with van der Waals surface area (Å²) >= 11 is 0. The Morgan fingerprint density at radius 2 is 0.778 bits per heavy atom. The van der Waals surface area contributed by atoms with E-state index < -0.39 is 0 Å². The van der Waals surface area contributed by atoms with Crippen molar-refractivity contribution in [2.75, 3.05) is 0 Å². The second-order valence-electron chi connectivity index (χ2n) is 13.5. The Labute approximate surface area is 313 Å². The highest BCUT2D eigenvalue weighted by atomic mass is 14.9. The maximum Gasteiger partial charge on any atom is 0.161 e. The topological polar surface area (TPSA) is 51.6 Å². The van der Waals surface area contributed by atoms with Gasteiger partial charge in [0.1, 0.15) is 0 Å². The fraction of sp³-hybridized carbons (Fsp3) is 0. The summed E-state index contributed by atoms with van der Waals surface area (Å²) in [5.41, 5.74) is 13.2. The summed E-state index contributed by atoms with van der Waals surface area (Å²) in [4.78, 5) is 20.4. The Morgan fingerprint density at radius 3 is 1.39 bits per heavy atom. The molecule has 0 saturated heterocycles. The molecule has 252 valence electrons. The number of rotatable bonds is 6. The molecular formula is C50H32N4. The molecule has 0 bridgehead atoms. The molecule has 4 heteroatoms. The van der Waals surface area contributed by atoms with Crippen LogP contribution in [-0.4, -0.2) is 19.9 Å². The van der Waals surface area contributed by atoms with Gasteiger partial charge in [-0.05, 0) is 57.3 Å². The normalized spacial score (nSPS) is 11.3. The molecule has 3 heterocycles. The minimum absolute atomic E-state index is 0.672. The van der Waals surface area contributed by atoms with Crippen LogP contribution in [0.1, 0.15) is 0 Å². The zero-order valence-corrected chi connectivity index (χ0v) is 29.3. The van der Waals surface area contributed by atoms with E-state index in [1.807, 2.05) is 24.4 Å². The molecule has 0 atom stereocenters. The standard InChI is InChI=1S/C50H32N4/c1-3-10-33(11-4-1)35-17-21-37(22-18-35)46-32-47(38-23-19-36(20-24-38)34-12-5-2-6-13-34)54-50(53-46)44-29-28-43(41-15-7-8-16-42(41)44)45-30-27-40-26-25-39-14-9-31-51-48(39)49(40)52-45/h1-32H.